The lowest BCUT2D eigenvalue weighted by molar-refractivity contribution is 0.265. The van der Waals surface area contributed by atoms with Crippen molar-refractivity contribution in [2.45, 2.75) is 31.7 Å². The number of ether oxygens (including phenoxy) is 2. The minimum atomic E-state index is 0.0591. The van der Waals surface area contributed by atoms with Crippen LogP contribution in [0.4, 0.5) is 0 Å². The number of hydrogen-bond acceptors (Lipinski definition) is 4. The predicted molar refractivity (Wildman–Crippen MR) is 81.6 cm³/mol. The van der Waals surface area contributed by atoms with Crippen LogP contribution in [-0.2, 0) is 5.41 Å². The van der Waals surface area contributed by atoms with Crippen molar-refractivity contribution in [3.8, 4) is 11.5 Å². The van der Waals surface area contributed by atoms with Crippen molar-refractivity contribution in [1.82, 2.24) is 4.90 Å². The third-order valence-corrected chi connectivity index (χ3v) is 4.09. The van der Waals surface area contributed by atoms with Crippen LogP contribution in [0.2, 0.25) is 0 Å². The number of rotatable bonds is 5. The van der Waals surface area contributed by atoms with Gasteiger partial charge in [0.2, 0.25) is 0 Å². The van der Waals surface area contributed by atoms with Gasteiger partial charge in [0.15, 0.2) is 11.5 Å². The normalized spacial score (nSPS) is 20.1. The van der Waals surface area contributed by atoms with Gasteiger partial charge in [0.25, 0.3) is 0 Å². The van der Waals surface area contributed by atoms with Gasteiger partial charge >= 0.3 is 0 Å². The summed E-state index contributed by atoms with van der Waals surface area (Å²) in [5.74, 6) is 1.56. The number of nitrogens with zero attached hydrogens (tertiary/aromatic N) is 1. The fourth-order valence-electron chi connectivity index (χ4n) is 2.91. The Hall–Kier alpha value is -1.26. The van der Waals surface area contributed by atoms with Crippen LogP contribution in [0.25, 0.3) is 0 Å². The minimum absolute atomic E-state index is 0.0591. The summed E-state index contributed by atoms with van der Waals surface area (Å²) in [6, 6.07) is 6.51. The fraction of sp³-hybridized carbons (Fsp3) is 0.625. The van der Waals surface area contributed by atoms with Crippen LogP contribution in [0.5, 0.6) is 11.5 Å². The first-order valence-electron chi connectivity index (χ1n) is 7.16. The van der Waals surface area contributed by atoms with Gasteiger partial charge in [-0.1, -0.05) is 19.9 Å². The molecule has 1 atom stereocenters. The molecule has 1 aromatic carbocycles. The first-order valence-corrected chi connectivity index (χ1v) is 7.16. The number of hydrogen-bond donors (Lipinski definition) is 1. The van der Waals surface area contributed by atoms with Gasteiger partial charge < -0.3 is 20.1 Å². The van der Waals surface area contributed by atoms with Crippen molar-refractivity contribution in [2.24, 2.45) is 5.73 Å². The standard InChI is InChI=1S/C16H26N2O2/c1-16(2,11-18-8-7-13(17)10-18)12-5-6-14(19-3)15(9-12)20-4/h5-6,9,13H,7-8,10-11,17H2,1-4H3. The molecule has 2 N–H and O–H groups in total. The van der Waals surface area contributed by atoms with Gasteiger partial charge in [-0.2, -0.15) is 0 Å². The van der Waals surface area contributed by atoms with Crippen LogP contribution in [0.15, 0.2) is 18.2 Å². The average Bonchev–Trinajstić information content (AvgIpc) is 2.82. The highest BCUT2D eigenvalue weighted by Gasteiger charge is 2.28. The van der Waals surface area contributed by atoms with Gasteiger partial charge in [-0.15, -0.1) is 0 Å². The van der Waals surface area contributed by atoms with Crippen LogP contribution in [0, 0.1) is 0 Å². The van der Waals surface area contributed by atoms with Crippen molar-refractivity contribution < 1.29 is 9.47 Å². The molecule has 0 aromatic heterocycles. The van der Waals surface area contributed by atoms with Gasteiger partial charge in [-0.3, -0.25) is 0 Å². The molecule has 20 heavy (non-hydrogen) atoms. The number of methoxy groups -OCH3 is 2. The molecule has 0 amide bonds. The Kier molecular flexibility index (Phi) is 4.55. The van der Waals surface area contributed by atoms with E-state index in [0.29, 0.717) is 6.04 Å². The van der Waals surface area contributed by atoms with E-state index in [9.17, 15) is 0 Å². The fourth-order valence-corrected chi connectivity index (χ4v) is 2.91. The SMILES string of the molecule is COc1ccc(C(C)(C)CN2CCC(N)C2)cc1OC. The Morgan fingerprint density at radius 3 is 2.50 bits per heavy atom. The molecule has 0 saturated carbocycles. The summed E-state index contributed by atoms with van der Waals surface area (Å²) in [5, 5.41) is 0. The van der Waals surface area contributed by atoms with Crippen molar-refractivity contribution in [1.29, 1.82) is 0 Å². The molecule has 1 aromatic rings. The number of nitrogens with two attached hydrogens (primary N) is 1. The number of benzene rings is 1. The first-order chi connectivity index (χ1) is 9.46. The van der Waals surface area contributed by atoms with Crippen molar-refractivity contribution in [3.63, 3.8) is 0 Å². The maximum absolute atomic E-state index is 5.99. The van der Waals surface area contributed by atoms with Crippen LogP contribution in [0.3, 0.4) is 0 Å². The second-order valence-electron chi connectivity index (χ2n) is 6.24. The summed E-state index contributed by atoms with van der Waals surface area (Å²) in [5.41, 5.74) is 7.31. The van der Waals surface area contributed by atoms with Gasteiger partial charge in [0, 0.05) is 24.5 Å². The molecule has 1 fully saturated rings. The summed E-state index contributed by atoms with van der Waals surface area (Å²) in [6.45, 7) is 7.63. The topological polar surface area (TPSA) is 47.7 Å². The molecule has 1 heterocycles. The zero-order chi connectivity index (χ0) is 14.8. The molecule has 112 valence electrons. The Morgan fingerprint density at radius 1 is 1.25 bits per heavy atom. The molecule has 1 aliphatic heterocycles. The van der Waals surface area contributed by atoms with E-state index >= 15 is 0 Å². The Bertz CT molecular complexity index is 460. The molecular formula is C16H26N2O2. The van der Waals surface area contributed by atoms with E-state index in [4.69, 9.17) is 15.2 Å². The zero-order valence-corrected chi connectivity index (χ0v) is 13.0. The third-order valence-electron chi connectivity index (χ3n) is 4.09. The van der Waals surface area contributed by atoms with Gasteiger partial charge in [0.1, 0.15) is 0 Å². The van der Waals surface area contributed by atoms with Gasteiger partial charge in [-0.25, -0.2) is 0 Å². The van der Waals surface area contributed by atoms with E-state index < -0.39 is 0 Å². The van der Waals surface area contributed by atoms with E-state index in [1.165, 1.54) is 5.56 Å². The summed E-state index contributed by atoms with van der Waals surface area (Å²) in [4.78, 5) is 2.45. The molecule has 0 radical (unpaired) electrons. The highest BCUT2D eigenvalue weighted by Crippen LogP contribution is 2.34. The minimum Gasteiger partial charge on any atom is -0.493 e. The Labute approximate surface area is 121 Å². The molecule has 4 heteroatoms. The molecule has 2 rings (SSSR count). The van der Waals surface area contributed by atoms with Crippen LogP contribution >= 0.6 is 0 Å². The van der Waals surface area contributed by atoms with E-state index in [1.54, 1.807) is 14.2 Å². The Morgan fingerprint density at radius 2 is 1.95 bits per heavy atom. The second kappa shape index (κ2) is 6.02. The van der Waals surface area contributed by atoms with E-state index in [0.717, 1.165) is 37.6 Å². The van der Waals surface area contributed by atoms with E-state index in [1.807, 2.05) is 6.07 Å². The first kappa shape index (κ1) is 15.1. The van der Waals surface area contributed by atoms with E-state index in [-0.39, 0.29) is 5.41 Å². The van der Waals surface area contributed by atoms with Crippen LogP contribution < -0.4 is 15.2 Å². The van der Waals surface area contributed by atoms with Gasteiger partial charge in [-0.05, 0) is 30.7 Å². The zero-order valence-electron chi connectivity index (χ0n) is 13.0. The van der Waals surface area contributed by atoms with E-state index in [2.05, 4.69) is 30.9 Å². The molecular weight excluding hydrogens is 252 g/mol. The van der Waals surface area contributed by atoms with Crippen molar-refractivity contribution >= 4 is 0 Å². The molecule has 1 unspecified atom stereocenters. The molecule has 1 saturated heterocycles. The summed E-state index contributed by atoms with van der Waals surface area (Å²) in [7, 11) is 3.34. The largest absolute Gasteiger partial charge is 0.493 e. The second-order valence-corrected chi connectivity index (χ2v) is 6.24. The monoisotopic (exact) mass is 278 g/mol. The smallest absolute Gasteiger partial charge is 0.161 e. The third kappa shape index (κ3) is 3.25. The molecule has 1 aliphatic rings. The van der Waals surface area contributed by atoms with Crippen LogP contribution in [0.1, 0.15) is 25.8 Å². The summed E-state index contributed by atoms with van der Waals surface area (Å²) in [6.07, 6.45) is 1.10. The lowest BCUT2D eigenvalue weighted by atomic mass is 9.84. The molecule has 4 nitrogen and oxygen atoms in total. The quantitative estimate of drug-likeness (QED) is 0.895. The average molecular weight is 278 g/mol. The highest BCUT2D eigenvalue weighted by molar-refractivity contribution is 5.45. The van der Waals surface area contributed by atoms with Crippen molar-refractivity contribution in [3.05, 3.63) is 23.8 Å². The molecule has 0 aliphatic carbocycles. The Balaban J connectivity index is 2.16. The summed E-state index contributed by atoms with van der Waals surface area (Å²) < 4.78 is 10.7. The maximum atomic E-state index is 5.99. The molecule has 0 spiro atoms. The summed E-state index contributed by atoms with van der Waals surface area (Å²) >= 11 is 0. The highest BCUT2D eigenvalue weighted by atomic mass is 16.5. The van der Waals surface area contributed by atoms with Crippen molar-refractivity contribution in [2.75, 3.05) is 33.9 Å². The predicted octanol–water partition coefficient (Wildman–Crippen LogP) is 2.01. The number of likely N-dealkylation sites (tertiary alicyclic amines) is 1. The lowest BCUT2D eigenvalue weighted by Gasteiger charge is -2.31. The lowest BCUT2D eigenvalue weighted by Crippen LogP contribution is -2.37. The van der Waals surface area contributed by atoms with Gasteiger partial charge in [0.05, 0.1) is 14.2 Å². The molecule has 0 bridgehead atoms. The van der Waals surface area contributed by atoms with Crippen LogP contribution in [-0.4, -0.2) is 44.8 Å². The maximum Gasteiger partial charge on any atom is 0.161 e.